The van der Waals surface area contributed by atoms with Crippen molar-refractivity contribution in [3.05, 3.63) is 54.0 Å². The molecule has 3 heterocycles. The fraction of sp³-hybridized carbons (Fsp3) is 0.423. The Kier molecular flexibility index (Phi) is 6.59. The van der Waals surface area contributed by atoms with Crippen molar-refractivity contribution in [2.45, 2.75) is 64.7 Å². The largest absolute Gasteiger partial charge is 0.370 e. The second-order valence-electron chi connectivity index (χ2n) is 10.2. The highest BCUT2D eigenvalue weighted by atomic mass is 16.5. The number of aromatic nitrogens is 4. The minimum Gasteiger partial charge on any atom is -0.370 e. The maximum atomic E-state index is 12.1. The van der Waals surface area contributed by atoms with Crippen molar-refractivity contribution >= 4 is 17.5 Å². The van der Waals surface area contributed by atoms with Gasteiger partial charge in [0.15, 0.2) is 0 Å². The molecule has 4 rings (SSSR count). The number of ether oxygens (including phenoxy) is 1. The molecule has 182 valence electrons. The zero-order chi connectivity index (χ0) is 25.2. The normalized spacial score (nSPS) is 16.9. The fourth-order valence-electron chi connectivity index (χ4n) is 4.75. The van der Waals surface area contributed by atoms with Gasteiger partial charge >= 0.3 is 0 Å². The summed E-state index contributed by atoms with van der Waals surface area (Å²) in [6.45, 7) is 10.4. The van der Waals surface area contributed by atoms with Crippen LogP contribution in [0.2, 0.25) is 0 Å². The van der Waals surface area contributed by atoms with Crippen LogP contribution < -0.4 is 10.6 Å². The first kappa shape index (κ1) is 24.4. The van der Waals surface area contributed by atoms with Gasteiger partial charge in [0.2, 0.25) is 5.95 Å². The molecule has 0 aliphatic carbocycles. The zero-order valence-corrected chi connectivity index (χ0v) is 20.8. The summed E-state index contributed by atoms with van der Waals surface area (Å²) >= 11 is 0. The van der Waals surface area contributed by atoms with Crippen molar-refractivity contribution in [2.24, 2.45) is 0 Å². The molecular formula is C26H31N7O2. The monoisotopic (exact) mass is 473 g/mol. The van der Waals surface area contributed by atoms with Crippen LogP contribution in [0.1, 0.15) is 62.5 Å². The van der Waals surface area contributed by atoms with Crippen LogP contribution in [-0.4, -0.2) is 43.4 Å². The predicted molar refractivity (Wildman–Crippen MR) is 133 cm³/mol. The molecule has 3 aromatic rings. The molecule has 0 unspecified atom stereocenters. The van der Waals surface area contributed by atoms with Gasteiger partial charge in [-0.2, -0.15) is 10.4 Å². The van der Waals surface area contributed by atoms with Gasteiger partial charge in [0.25, 0.3) is 5.91 Å². The maximum absolute atomic E-state index is 12.1. The van der Waals surface area contributed by atoms with E-state index in [1.165, 1.54) is 0 Å². The molecule has 1 saturated heterocycles. The van der Waals surface area contributed by atoms with E-state index in [0.29, 0.717) is 11.5 Å². The second-order valence-corrected chi connectivity index (χ2v) is 10.2. The average Bonchev–Trinajstić information content (AvgIpc) is 3.25. The van der Waals surface area contributed by atoms with E-state index in [2.05, 4.69) is 48.4 Å². The summed E-state index contributed by atoms with van der Waals surface area (Å²) in [5.74, 6) is 0.182. The molecule has 1 aliphatic heterocycles. The second kappa shape index (κ2) is 9.47. The number of hydrogen-bond donors (Lipinski definition) is 2. The third-order valence-electron chi connectivity index (χ3n) is 5.96. The molecule has 0 radical (unpaired) electrons. The van der Waals surface area contributed by atoms with Crippen LogP contribution in [-0.2, 0) is 4.74 Å². The van der Waals surface area contributed by atoms with E-state index in [1.54, 1.807) is 24.5 Å². The molecule has 9 nitrogen and oxygen atoms in total. The van der Waals surface area contributed by atoms with Gasteiger partial charge in [0.1, 0.15) is 6.54 Å². The number of rotatable bonds is 6. The lowest BCUT2D eigenvalue weighted by Crippen LogP contribution is -2.45. The summed E-state index contributed by atoms with van der Waals surface area (Å²) in [5, 5.41) is 19.0. The number of nitriles is 1. The molecule has 0 spiro atoms. The summed E-state index contributed by atoms with van der Waals surface area (Å²) in [7, 11) is 0. The number of hydrogen-bond acceptors (Lipinski definition) is 7. The van der Waals surface area contributed by atoms with Gasteiger partial charge in [0.05, 0.1) is 40.9 Å². The van der Waals surface area contributed by atoms with E-state index >= 15 is 0 Å². The quantitative estimate of drug-likeness (QED) is 0.504. The summed E-state index contributed by atoms with van der Waals surface area (Å²) in [4.78, 5) is 21.2. The first-order valence-electron chi connectivity index (χ1n) is 11.7. The van der Waals surface area contributed by atoms with Crippen LogP contribution >= 0.6 is 0 Å². The molecule has 0 bridgehead atoms. The van der Waals surface area contributed by atoms with Gasteiger partial charge < -0.3 is 15.4 Å². The maximum Gasteiger partial charge on any atom is 0.252 e. The van der Waals surface area contributed by atoms with Crippen LogP contribution in [0.4, 0.5) is 11.6 Å². The number of carbonyl (C=O) groups excluding carboxylic acids is 1. The molecule has 2 aromatic heterocycles. The molecule has 9 heteroatoms. The van der Waals surface area contributed by atoms with E-state index in [1.807, 2.05) is 36.0 Å². The smallest absolute Gasteiger partial charge is 0.252 e. The Labute approximate surface area is 205 Å². The number of nitrogens with zero attached hydrogens (tertiary/aromatic N) is 5. The van der Waals surface area contributed by atoms with Crippen molar-refractivity contribution < 1.29 is 9.53 Å². The Balaban J connectivity index is 1.50. The van der Waals surface area contributed by atoms with Gasteiger partial charge in [-0.05, 0) is 65.2 Å². The number of carbonyl (C=O) groups is 1. The molecule has 35 heavy (non-hydrogen) atoms. The summed E-state index contributed by atoms with van der Waals surface area (Å²) in [6.07, 6.45) is 7.30. The number of amides is 1. The third kappa shape index (κ3) is 5.84. The SMILES string of the molecule is Cc1cnc(Nc2cnn(C3CC(C)(C)OC(C)(C)C3)c2)nc1-c1ccc(C(=O)NCC#N)cc1. The number of nitrogens with one attached hydrogen (secondary N) is 2. The predicted octanol–water partition coefficient (Wildman–Crippen LogP) is 4.55. The van der Waals surface area contributed by atoms with E-state index < -0.39 is 0 Å². The first-order valence-corrected chi connectivity index (χ1v) is 11.7. The van der Waals surface area contributed by atoms with Crippen LogP contribution in [0.15, 0.2) is 42.9 Å². The van der Waals surface area contributed by atoms with Crippen molar-refractivity contribution in [1.82, 2.24) is 25.1 Å². The summed E-state index contributed by atoms with van der Waals surface area (Å²) in [5.41, 5.74) is 3.42. The Hall–Kier alpha value is -3.77. The van der Waals surface area contributed by atoms with Crippen LogP contribution in [0.25, 0.3) is 11.3 Å². The highest BCUT2D eigenvalue weighted by Gasteiger charge is 2.40. The van der Waals surface area contributed by atoms with Gasteiger partial charge in [-0.3, -0.25) is 9.48 Å². The van der Waals surface area contributed by atoms with E-state index in [-0.39, 0.29) is 29.7 Å². The number of anilines is 2. The molecule has 0 atom stereocenters. The molecular weight excluding hydrogens is 442 g/mol. The van der Waals surface area contributed by atoms with Crippen molar-refractivity contribution in [3.63, 3.8) is 0 Å². The number of aryl methyl sites for hydroxylation is 1. The minimum absolute atomic E-state index is 0.0265. The minimum atomic E-state index is -0.284. The molecule has 1 fully saturated rings. The fourth-order valence-corrected chi connectivity index (χ4v) is 4.75. The first-order chi connectivity index (χ1) is 16.5. The van der Waals surface area contributed by atoms with Gasteiger partial charge in [-0.15, -0.1) is 0 Å². The highest BCUT2D eigenvalue weighted by Crippen LogP contribution is 2.40. The summed E-state index contributed by atoms with van der Waals surface area (Å²) < 4.78 is 8.21. The van der Waals surface area contributed by atoms with Crippen LogP contribution in [0.3, 0.4) is 0 Å². The van der Waals surface area contributed by atoms with Crippen molar-refractivity contribution in [1.29, 1.82) is 5.26 Å². The lowest BCUT2D eigenvalue weighted by molar-refractivity contribution is -0.170. The van der Waals surface area contributed by atoms with E-state index in [4.69, 9.17) is 15.0 Å². The van der Waals surface area contributed by atoms with Crippen LogP contribution in [0.5, 0.6) is 0 Å². The molecule has 1 aliphatic rings. The Morgan fingerprint density at radius 3 is 2.51 bits per heavy atom. The summed E-state index contributed by atoms with van der Waals surface area (Å²) in [6, 6.07) is 9.26. The van der Waals surface area contributed by atoms with Crippen molar-refractivity contribution in [3.8, 4) is 17.3 Å². The van der Waals surface area contributed by atoms with Gasteiger partial charge in [-0.1, -0.05) is 12.1 Å². The van der Waals surface area contributed by atoms with Crippen LogP contribution in [0, 0.1) is 18.3 Å². The Bertz CT molecular complexity index is 1240. The lowest BCUT2D eigenvalue weighted by Gasteiger charge is -2.45. The topological polar surface area (TPSA) is 118 Å². The Morgan fingerprint density at radius 1 is 1.17 bits per heavy atom. The number of benzene rings is 1. The van der Waals surface area contributed by atoms with Gasteiger partial charge in [0, 0.05) is 23.5 Å². The average molecular weight is 474 g/mol. The lowest BCUT2D eigenvalue weighted by atomic mass is 9.85. The molecule has 1 aromatic carbocycles. The molecule has 0 saturated carbocycles. The van der Waals surface area contributed by atoms with Gasteiger partial charge in [-0.25, -0.2) is 9.97 Å². The highest BCUT2D eigenvalue weighted by molar-refractivity contribution is 5.94. The third-order valence-corrected chi connectivity index (χ3v) is 5.96. The molecule has 2 N–H and O–H groups in total. The standard InChI is InChI=1S/C26H31N7O2/c1-17-14-29-24(32-22(17)18-6-8-19(9-7-18)23(34)28-11-10-27)31-20-15-30-33(16-20)21-12-25(2,3)35-26(4,5)13-21/h6-9,14-16,21H,11-13H2,1-5H3,(H,28,34)(H,29,31,32). The Morgan fingerprint density at radius 2 is 1.86 bits per heavy atom. The van der Waals surface area contributed by atoms with Crippen molar-refractivity contribution in [2.75, 3.05) is 11.9 Å². The van der Waals surface area contributed by atoms with E-state index in [9.17, 15) is 4.79 Å². The zero-order valence-electron chi connectivity index (χ0n) is 20.8. The molecule has 1 amide bonds. The van der Waals surface area contributed by atoms with E-state index in [0.717, 1.165) is 35.3 Å².